The molecule has 22 heavy (non-hydrogen) atoms. The Bertz CT molecular complexity index is 688. The van der Waals surface area contributed by atoms with Gasteiger partial charge in [0.05, 0.1) is 21.5 Å². The fraction of sp³-hybridized carbons (Fsp3) is 0.235. The third-order valence-corrected chi connectivity index (χ3v) is 5.08. The topological polar surface area (TPSA) is 29.1 Å². The number of anilines is 1. The van der Waals surface area contributed by atoms with Gasteiger partial charge in [-0.15, -0.1) is 11.8 Å². The molecule has 0 atom stereocenters. The molecule has 116 valence electrons. The molecule has 0 spiro atoms. The lowest BCUT2D eigenvalue weighted by Crippen LogP contribution is -2.15. The molecule has 0 aliphatic carbocycles. The molecule has 2 nitrogen and oxygen atoms in total. The van der Waals surface area contributed by atoms with E-state index in [0.717, 1.165) is 11.3 Å². The fourth-order valence-electron chi connectivity index (χ4n) is 1.97. The Morgan fingerprint density at radius 3 is 2.55 bits per heavy atom. The summed E-state index contributed by atoms with van der Waals surface area (Å²) < 4.78 is 0. The van der Waals surface area contributed by atoms with Crippen molar-refractivity contribution in [3.63, 3.8) is 0 Å². The Morgan fingerprint density at radius 1 is 1.09 bits per heavy atom. The van der Waals surface area contributed by atoms with Crippen molar-refractivity contribution in [3.05, 3.63) is 63.1 Å². The molecule has 0 aliphatic heterocycles. The summed E-state index contributed by atoms with van der Waals surface area (Å²) in [5.41, 5.74) is 3.85. The summed E-state index contributed by atoms with van der Waals surface area (Å²) >= 11 is 13.8. The van der Waals surface area contributed by atoms with Gasteiger partial charge in [-0.25, -0.2) is 0 Å². The first-order valence-corrected chi connectivity index (χ1v) is 8.77. The standard InChI is InChI=1S/C17H17Cl2NOS/c1-11-5-3-4-6-13(11)9-22-10-15(21)20-17-14(18)8-7-12(2)16(17)19/h3-8H,9-10H2,1-2H3,(H,20,21). The van der Waals surface area contributed by atoms with Crippen molar-refractivity contribution < 1.29 is 4.79 Å². The monoisotopic (exact) mass is 353 g/mol. The van der Waals surface area contributed by atoms with E-state index < -0.39 is 0 Å². The molecule has 2 aromatic rings. The minimum atomic E-state index is -0.104. The zero-order valence-electron chi connectivity index (χ0n) is 12.5. The van der Waals surface area contributed by atoms with Crippen LogP contribution in [0.3, 0.4) is 0 Å². The number of benzene rings is 2. The van der Waals surface area contributed by atoms with E-state index in [0.29, 0.717) is 21.5 Å². The summed E-state index contributed by atoms with van der Waals surface area (Å²) in [6.07, 6.45) is 0. The highest BCUT2D eigenvalue weighted by Gasteiger charge is 2.12. The minimum Gasteiger partial charge on any atom is -0.323 e. The molecule has 0 fully saturated rings. The largest absolute Gasteiger partial charge is 0.323 e. The normalized spacial score (nSPS) is 10.5. The maximum atomic E-state index is 12.1. The van der Waals surface area contributed by atoms with Crippen molar-refractivity contribution in [2.75, 3.05) is 11.1 Å². The third kappa shape index (κ3) is 4.42. The van der Waals surface area contributed by atoms with Gasteiger partial charge in [-0.05, 0) is 36.6 Å². The molecule has 0 aliphatic rings. The van der Waals surface area contributed by atoms with Crippen LogP contribution < -0.4 is 5.32 Å². The summed E-state index contributed by atoms with van der Waals surface area (Å²) in [5, 5.41) is 3.74. The molecular formula is C17H17Cl2NOS. The van der Waals surface area contributed by atoms with Crippen LogP contribution in [0.4, 0.5) is 5.69 Å². The van der Waals surface area contributed by atoms with Gasteiger partial charge in [-0.3, -0.25) is 4.79 Å². The molecule has 5 heteroatoms. The predicted octanol–water partition coefficient (Wildman–Crippen LogP) is 5.48. The predicted molar refractivity (Wildman–Crippen MR) is 97.2 cm³/mol. The summed E-state index contributed by atoms with van der Waals surface area (Å²) in [7, 11) is 0. The summed E-state index contributed by atoms with van der Waals surface area (Å²) in [4.78, 5) is 12.1. The number of thioether (sulfide) groups is 1. The Balaban J connectivity index is 1.92. The van der Waals surface area contributed by atoms with Gasteiger partial charge in [0.1, 0.15) is 0 Å². The number of amides is 1. The van der Waals surface area contributed by atoms with Crippen molar-refractivity contribution in [2.45, 2.75) is 19.6 Å². The SMILES string of the molecule is Cc1ccccc1CSCC(=O)Nc1c(Cl)ccc(C)c1Cl. The van der Waals surface area contributed by atoms with E-state index in [2.05, 4.69) is 24.4 Å². The van der Waals surface area contributed by atoms with Gasteiger partial charge in [0.15, 0.2) is 0 Å². The molecule has 0 saturated carbocycles. The van der Waals surface area contributed by atoms with Gasteiger partial charge in [0.2, 0.25) is 5.91 Å². The first-order chi connectivity index (χ1) is 10.5. The number of rotatable bonds is 5. The molecule has 1 N–H and O–H groups in total. The molecule has 0 unspecified atom stereocenters. The molecule has 0 radical (unpaired) electrons. The molecule has 1 amide bonds. The van der Waals surface area contributed by atoms with Crippen molar-refractivity contribution in [3.8, 4) is 0 Å². The van der Waals surface area contributed by atoms with E-state index >= 15 is 0 Å². The summed E-state index contributed by atoms with van der Waals surface area (Å²) in [6, 6.07) is 11.7. The van der Waals surface area contributed by atoms with Crippen LogP contribution in [0, 0.1) is 13.8 Å². The minimum absolute atomic E-state index is 0.104. The van der Waals surface area contributed by atoms with Crippen molar-refractivity contribution >= 4 is 46.6 Å². The molecule has 0 heterocycles. The van der Waals surface area contributed by atoms with Crippen molar-refractivity contribution in [1.29, 1.82) is 0 Å². The molecular weight excluding hydrogens is 337 g/mol. The molecule has 0 bridgehead atoms. The van der Waals surface area contributed by atoms with Crippen LogP contribution in [0.25, 0.3) is 0 Å². The van der Waals surface area contributed by atoms with Crippen LogP contribution in [0.15, 0.2) is 36.4 Å². The zero-order valence-corrected chi connectivity index (χ0v) is 14.8. The molecule has 0 saturated heterocycles. The van der Waals surface area contributed by atoms with E-state index in [1.165, 1.54) is 11.1 Å². The highest BCUT2D eigenvalue weighted by atomic mass is 35.5. The summed E-state index contributed by atoms with van der Waals surface area (Å²) in [5.74, 6) is 1.05. The number of hydrogen-bond donors (Lipinski definition) is 1. The van der Waals surface area contributed by atoms with E-state index in [-0.39, 0.29) is 5.91 Å². The van der Waals surface area contributed by atoms with Crippen LogP contribution in [-0.2, 0) is 10.5 Å². The maximum absolute atomic E-state index is 12.1. The van der Waals surface area contributed by atoms with Gasteiger partial charge < -0.3 is 5.32 Å². The highest BCUT2D eigenvalue weighted by Crippen LogP contribution is 2.33. The quantitative estimate of drug-likeness (QED) is 0.770. The number of aryl methyl sites for hydroxylation is 2. The first kappa shape index (κ1) is 17.2. The molecule has 0 aromatic heterocycles. The maximum Gasteiger partial charge on any atom is 0.234 e. The van der Waals surface area contributed by atoms with E-state index in [4.69, 9.17) is 23.2 Å². The highest BCUT2D eigenvalue weighted by molar-refractivity contribution is 7.99. The number of carbonyl (C=O) groups excluding carboxylic acids is 1. The second-order valence-corrected chi connectivity index (χ2v) is 6.79. The van der Waals surface area contributed by atoms with Gasteiger partial charge in [0, 0.05) is 5.75 Å². The van der Waals surface area contributed by atoms with E-state index in [9.17, 15) is 4.79 Å². The van der Waals surface area contributed by atoms with Gasteiger partial charge in [0.25, 0.3) is 0 Å². The average molecular weight is 354 g/mol. The smallest absolute Gasteiger partial charge is 0.234 e. The van der Waals surface area contributed by atoms with Crippen molar-refractivity contribution in [1.82, 2.24) is 0 Å². The zero-order chi connectivity index (χ0) is 16.1. The van der Waals surface area contributed by atoms with E-state index in [1.807, 2.05) is 25.1 Å². The Hall–Kier alpha value is -1.16. The van der Waals surface area contributed by atoms with Crippen molar-refractivity contribution in [2.24, 2.45) is 0 Å². The number of nitrogens with one attached hydrogen (secondary N) is 1. The lowest BCUT2D eigenvalue weighted by Gasteiger charge is -2.11. The van der Waals surface area contributed by atoms with Crippen LogP contribution in [0.5, 0.6) is 0 Å². The average Bonchev–Trinajstić information content (AvgIpc) is 2.49. The number of halogens is 2. The second-order valence-electron chi connectivity index (χ2n) is 5.02. The van der Waals surface area contributed by atoms with Gasteiger partial charge in [-0.1, -0.05) is 53.5 Å². The van der Waals surface area contributed by atoms with E-state index in [1.54, 1.807) is 17.8 Å². The van der Waals surface area contributed by atoms with Gasteiger partial charge >= 0.3 is 0 Å². The lowest BCUT2D eigenvalue weighted by molar-refractivity contribution is -0.113. The van der Waals surface area contributed by atoms with Gasteiger partial charge in [-0.2, -0.15) is 0 Å². The van der Waals surface area contributed by atoms with Crippen LogP contribution in [0.1, 0.15) is 16.7 Å². The Kier molecular flexibility index (Phi) is 6.18. The van der Waals surface area contributed by atoms with Crippen LogP contribution in [-0.4, -0.2) is 11.7 Å². The Labute approximate surface area is 145 Å². The first-order valence-electron chi connectivity index (χ1n) is 6.85. The summed E-state index contributed by atoms with van der Waals surface area (Å²) in [6.45, 7) is 3.95. The lowest BCUT2D eigenvalue weighted by atomic mass is 10.1. The van der Waals surface area contributed by atoms with Crippen LogP contribution in [0.2, 0.25) is 10.0 Å². The fourth-order valence-corrected chi connectivity index (χ4v) is 3.34. The number of hydrogen-bond acceptors (Lipinski definition) is 2. The third-order valence-electron chi connectivity index (χ3n) is 3.30. The number of carbonyl (C=O) groups is 1. The van der Waals surface area contributed by atoms with Crippen LogP contribution >= 0.6 is 35.0 Å². The second kappa shape index (κ2) is 7.91. The molecule has 2 rings (SSSR count). The molecule has 2 aromatic carbocycles. The Morgan fingerprint density at radius 2 is 1.82 bits per heavy atom.